The Kier molecular flexibility index (Phi) is 6.56. The van der Waals surface area contributed by atoms with Crippen LogP contribution in [0, 0.1) is 6.92 Å². The van der Waals surface area contributed by atoms with Gasteiger partial charge in [0.2, 0.25) is 11.8 Å². The number of hydrogen-bond donors (Lipinski definition) is 1. The fraction of sp³-hybridized carbons (Fsp3) is 0.389. The molecule has 2 aromatic rings. The number of carbonyl (C=O) groups excluding carboxylic acids is 1. The number of anilines is 1. The number of aromatic nitrogens is 2. The summed E-state index contributed by atoms with van der Waals surface area (Å²) in [6.07, 6.45) is 1.71. The molecule has 1 N–H and O–H groups in total. The molecule has 1 aromatic heterocycles. The van der Waals surface area contributed by atoms with Crippen molar-refractivity contribution in [3.8, 4) is 17.6 Å². The van der Waals surface area contributed by atoms with Crippen molar-refractivity contribution in [3.63, 3.8) is 0 Å². The van der Waals surface area contributed by atoms with Crippen LogP contribution in [0.3, 0.4) is 0 Å². The van der Waals surface area contributed by atoms with E-state index in [2.05, 4.69) is 15.3 Å². The molecule has 134 valence electrons. The summed E-state index contributed by atoms with van der Waals surface area (Å²) in [4.78, 5) is 20.6. The van der Waals surface area contributed by atoms with E-state index >= 15 is 0 Å². The third kappa shape index (κ3) is 5.07. The summed E-state index contributed by atoms with van der Waals surface area (Å²) in [5, 5.41) is 2.79. The number of benzene rings is 1. The average molecular weight is 345 g/mol. The van der Waals surface area contributed by atoms with Crippen LogP contribution in [-0.2, 0) is 11.2 Å². The summed E-state index contributed by atoms with van der Waals surface area (Å²) in [7, 11) is 1.62. The summed E-state index contributed by atoms with van der Waals surface area (Å²) in [5.74, 6) is 0.904. The third-order valence-electron chi connectivity index (χ3n) is 3.38. The summed E-state index contributed by atoms with van der Waals surface area (Å²) in [6.45, 7) is 6.50. The fourth-order valence-electron chi connectivity index (χ4n) is 2.31. The van der Waals surface area contributed by atoms with Crippen LogP contribution in [0.2, 0.25) is 0 Å². The summed E-state index contributed by atoms with van der Waals surface area (Å²) >= 11 is 0. The summed E-state index contributed by atoms with van der Waals surface area (Å²) < 4.78 is 15.9. The lowest BCUT2D eigenvalue weighted by Gasteiger charge is -2.12. The Morgan fingerprint density at radius 2 is 1.96 bits per heavy atom. The molecular weight excluding hydrogens is 322 g/mol. The lowest BCUT2D eigenvalue weighted by Crippen LogP contribution is -2.16. The first kappa shape index (κ1) is 18.5. The molecular formula is C18H23N3O4. The van der Waals surface area contributed by atoms with Crippen LogP contribution < -0.4 is 19.5 Å². The molecule has 1 aromatic carbocycles. The number of rotatable bonds is 8. The smallest absolute Gasteiger partial charge is 0.319 e. The highest BCUT2D eigenvalue weighted by atomic mass is 16.5. The van der Waals surface area contributed by atoms with E-state index < -0.39 is 0 Å². The van der Waals surface area contributed by atoms with Gasteiger partial charge in [-0.15, -0.1) is 0 Å². The topological polar surface area (TPSA) is 82.6 Å². The number of nitrogens with zero attached hydrogens (tertiary/aromatic N) is 2. The van der Waals surface area contributed by atoms with Gasteiger partial charge in [-0.3, -0.25) is 4.79 Å². The van der Waals surface area contributed by atoms with Crippen LogP contribution in [0.1, 0.15) is 25.0 Å². The highest BCUT2D eigenvalue weighted by molar-refractivity contribution is 5.93. The molecule has 0 aliphatic rings. The van der Waals surface area contributed by atoms with Crippen LogP contribution in [0.4, 0.5) is 5.69 Å². The van der Waals surface area contributed by atoms with Crippen molar-refractivity contribution in [1.29, 1.82) is 0 Å². The van der Waals surface area contributed by atoms with E-state index in [1.165, 1.54) is 6.20 Å². The van der Waals surface area contributed by atoms with Crippen LogP contribution in [-0.4, -0.2) is 36.2 Å². The van der Waals surface area contributed by atoms with Crippen molar-refractivity contribution < 1.29 is 19.0 Å². The Morgan fingerprint density at radius 1 is 1.20 bits per heavy atom. The van der Waals surface area contributed by atoms with Gasteiger partial charge in [-0.1, -0.05) is 12.1 Å². The molecule has 0 aliphatic carbocycles. The zero-order valence-electron chi connectivity index (χ0n) is 15.0. The highest BCUT2D eigenvalue weighted by Gasteiger charge is 2.13. The van der Waals surface area contributed by atoms with Crippen LogP contribution in [0.15, 0.2) is 24.4 Å². The molecule has 1 amide bonds. The van der Waals surface area contributed by atoms with E-state index in [4.69, 9.17) is 14.2 Å². The first-order chi connectivity index (χ1) is 12.1. The Balaban J connectivity index is 2.10. The maximum atomic E-state index is 12.3. The minimum atomic E-state index is -0.182. The average Bonchev–Trinajstić information content (AvgIpc) is 2.58. The largest absolute Gasteiger partial charge is 0.496 e. The quantitative estimate of drug-likeness (QED) is 0.792. The molecule has 0 bridgehead atoms. The van der Waals surface area contributed by atoms with Gasteiger partial charge in [-0.25, -0.2) is 4.98 Å². The van der Waals surface area contributed by atoms with Crippen molar-refractivity contribution in [1.82, 2.24) is 9.97 Å². The van der Waals surface area contributed by atoms with Crippen LogP contribution in [0.5, 0.6) is 17.6 Å². The van der Waals surface area contributed by atoms with Gasteiger partial charge in [0.05, 0.1) is 32.9 Å². The van der Waals surface area contributed by atoms with E-state index in [1.54, 1.807) is 7.11 Å². The van der Waals surface area contributed by atoms with E-state index in [-0.39, 0.29) is 18.3 Å². The lowest BCUT2D eigenvalue weighted by atomic mass is 10.1. The Morgan fingerprint density at radius 3 is 2.60 bits per heavy atom. The number of amides is 1. The Labute approximate surface area is 147 Å². The number of ether oxygens (including phenoxy) is 3. The number of methoxy groups -OCH3 is 1. The molecule has 0 aliphatic heterocycles. The van der Waals surface area contributed by atoms with Gasteiger partial charge in [0, 0.05) is 0 Å². The molecule has 0 spiro atoms. The molecule has 7 nitrogen and oxygen atoms in total. The maximum absolute atomic E-state index is 12.3. The number of carbonyl (C=O) groups is 1. The minimum absolute atomic E-state index is 0.182. The minimum Gasteiger partial charge on any atom is -0.496 e. The third-order valence-corrected chi connectivity index (χ3v) is 3.38. The molecule has 0 radical (unpaired) electrons. The molecule has 0 saturated heterocycles. The van der Waals surface area contributed by atoms with Gasteiger partial charge in [0.1, 0.15) is 11.4 Å². The lowest BCUT2D eigenvalue weighted by molar-refractivity contribution is -0.115. The van der Waals surface area contributed by atoms with Gasteiger partial charge in [0.25, 0.3) is 0 Å². The summed E-state index contributed by atoms with van der Waals surface area (Å²) in [6, 6.07) is 5.86. The van der Waals surface area contributed by atoms with Gasteiger partial charge < -0.3 is 19.5 Å². The highest BCUT2D eigenvalue weighted by Crippen LogP contribution is 2.24. The van der Waals surface area contributed by atoms with Crippen molar-refractivity contribution in [2.75, 3.05) is 25.6 Å². The van der Waals surface area contributed by atoms with Crippen molar-refractivity contribution in [2.24, 2.45) is 0 Å². The molecule has 1 heterocycles. The zero-order valence-corrected chi connectivity index (χ0v) is 15.0. The Bertz CT molecular complexity index is 734. The number of hydrogen-bond acceptors (Lipinski definition) is 6. The van der Waals surface area contributed by atoms with Gasteiger partial charge in [-0.05, 0) is 38.0 Å². The second-order valence-corrected chi connectivity index (χ2v) is 5.27. The summed E-state index contributed by atoms with van der Waals surface area (Å²) in [5.41, 5.74) is 2.29. The maximum Gasteiger partial charge on any atom is 0.319 e. The van der Waals surface area contributed by atoms with E-state index in [9.17, 15) is 4.79 Å². The van der Waals surface area contributed by atoms with Crippen molar-refractivity contribution >= 4 is 11.6 Å². The standard InChI is InChI=1S/C18H23N3O4/c1-5-24-17-14(11-19-18(21-17)25-6-2)20-16(22)10-13-7-8-15(23-4)12(3)9-13/h7-9,11H,5-6,10H2,1-4H3,(H,20,22). The van der Waals surface area contributed by atoms with E-state index in [1.807, 2.05) is 39.0 Å². The van der Waals surface area contributed by atoms with Gasteiger partial charge >= 0.3 is 6.01 Å². The predicted octanol–water partition coefficient (Wildman–Crippen LogP) is 2.77. The normalized spacial score (nSPS) is 10.2. The van der Waals surface area contributed by atoms with Crippen LogP contribution in [0.25, 0.3) is 0 Å². The van der Waals surface area contributed by atoms with E-state index in [0.29, 0.717) is 24.8 Å². The molecule has 2 rings (SSSR count). The first-order valence-corrected chi connectivity index (χ1v) is 8.13. The van der Waals surface area contributed by atoms with Crippen molar-refractivity contribution in [3.05, 3.63) is 35.5 Å². The van der Waals surface area contributed by atoms with Gasteiger partial charge in [0.15, 0.2) is 0 Å². The second kappa shape index (κ2) is 8.86. The first-order valence-electron chi connectivity index (χ1n) is 8.13. The zero-order chi connectivity index (χ0) is 18.2. The van der Waals surface area contributed by atoms with Gasteiger partial charge in [-0.2, -0.15) is 4.98 Å². The SMILES string of the molecule is CCOc1ncc(NC(=O)Cc2ccc(OC)c(C)c2)c(OCC)n1. The molecule has 0 saturated carbocycles. The van der Waals surface area contributed by atoms with Crippen molar-refractivity contribution in [2.45, 2.75) is 27.2 Å². The predicted molar refractivity (Wildman–Crippen MR) is 94.4 cm³/mol. The van der Waals surface area contributed by atoms with E-state index in [0.717, 1.165) is 16.9 Å². The number of aryl methyl sites for hydroxylation is 1. The van der Waals surface area contributed by atoms with Crippen LogP contribution >= 0.6 is 0 Å². The molecule has 0 atom stereocenters. The monoisotopic (exact) mass is 345 g/mol. The molecule has 7 heteroatoms. The molecule has 0 unspecified atom stereocenters. The number of nitrogens with one attached hydrogen (secondary N) is 1. The fourth-order valence-corrected chi connectivity index (χ4v) is 2.31. The molecule has 25 heavy (non-hydrogen) atoms. The Hall–Kier alpha value is -2.83. The molecule has 0 fully saturated rings. The second-order valence-electron chi connectivity index (χ2n) is 5.27.